The van der Waals surface area contributed by atoms with Crippen LogP contribution in [0.1, 0.15) is 16.8 Å². The first kappa shape index (κ1) is 24.8. The highest BCUT2D eigenvalue weighted by Crippen LogP contribution is 2.46. The number of halogens is 4. The fraction of sp³-hybridized carbons (Fsp3) is 0.136. The van der Waals surface area contributed by atoms with E-state index in [2.05, 4.69) is 17.2 Å². The molecule has 0 spiro atoms. The highest BCUT2D eigenvalue weighted by Gasteiger charge is 2.58. The fourth-order valence-electron chi connectivity index (χ4n) is 3.07. The molecule has 0 saturated carbocycles. The van der Waals surface area contributed by atoms with E-state index in [9.17, 15) is 13.9 Å². The summed E-state index contributed by atoms with van der Waals surface area (Å²) in [5.74, 6) is -0.779. The summed E-state index contributed by atoms with van der Waals surface area (Å²) < 4.78 is 64.6. The summed E-state index contributed by atoms with van der Waals surface area (Å²) in [5.41, 5.74) is 0.513. The first-order valence-corrected chi connectivity index (χ1v) is 9.90. The molecule has 0 radical (unpaired) electrons. The van der Waals surface area contributed by atoms with E-state index < -0.39 is 46.1 Å². The second-order valence-electron chi connectivity index (χ2n) is 7.14. The average Bonchev–Trinajstić information content (AvgIpc) is 2.79. The van der Waals surface area contributed by atoms with Crippen molar-refractivity contribution in [3.63, 3.8) is 0 Å². The van der Waals surface area contributed by atoms with Crippen LogP contribution in [0.15, 0.2) is 60.8 Å². The molecule has 1 atom stereocenters. The standard InChI is InChI=1S/C22H17F4N5O2S/c23-14-3-7-17(18(24)9-14)21(32,12-31(29)20(28)34)22(25,26)19-8-6-16(11-30-19)33-15-4-1-13(10-27)2-5-15/h1-9,11,32H,12,29H2,(H2,28,34). The molecule has 34 heavy (non-hydrogen) atoms. The van der Waals surface area contributed by atoms with Crippen LogP contribution in [-0.2, 0) is 11.5 Å². The summed E-state index contributed by atoms with van der Waals surface area (Å²) in [6, 6.07) is 11.7. The Labute approximate surface area is 196 Å². The number of nitriles is 1. The number of hydrazine groups is 1. The Hall–Kier alpha value is -3.79. The molecule has 0 bridgehead atoms. The lowest BCUT2D eigenvalue weighted by Crippen LogP contribution is -2.56. The number of pyridine rings is 1. The van der Waals surface area contributed by atoms with Gasteiger partial charge in [0.2, 0.25) is 0 Å². The number of thiocarbonyl (C=S) groups is 1. The summed E-state index contributed by atoms with van der Waals surface area (Å²) in [5, 5.41) is 19.8. The average molecular weight is 491 g/mol. The number of alkyl halides is 2. The predicted octanol–water partition coefficient (Wildman–Crippen LogP) is 3.42. The Morgan fingerprint density at radius 1 is 1.12 bits per heavy atom. The SMILES string of the molecule is N#Cc1ccc(Oc2ccc(C(F)(F)C(O)(CN(N)C(N)=S)c3ccc(F)cc3F)nc2)cc1. The third kappa shape index (κ3) is 4.91. The van der Waals surface area contributed by atoms with Crippen molar-refractivity contribution in [1.29, 1.82) is 5.26 Å². The minimum atomic E-state index is -4.25. The van der Waals surface area contributed by atoms with Crippen molar-refractivity contribution in [2.45, 2.75) is 11.5 Å². The zero-order valence-electron chi connectivity index (χ0n) is 17.3. The molecule has 3 aromatic rings. The van der Waals surface area contributed by atoms with Crippen LogP contribution in [0, 0.1) is 23.0 Å². The molecular weight excluding hydrogens is 474 g/mol. The second-order valence-corrected chi connectivity index (χ2v) is 7.56. The lowest BCUT2D eigenvalue weighted by molar-refractivity contribution is -0.204. The van der Waals surface area contributed by atoms with Crippen LogP contribution in [0.5, 0.6) is 11.5 Å². The molecule has 0 fully saturated rings. The molecular formula is C22H17F4N5O2S. The van der Waals surface area contributed by atoms with E-state index in [0.717, 1.165) is 18.3 Å². The molecule has 5 N–H and O–H groups in total. The van der Waals surface area contributed by atoms with E-state index in [1.165, 1.54) is 24.3 Å². The molecule has 12 heteroatoms. The number of nitrogens with zero attached hydrogens (tertiary/aromatic N) is 3. The van der Waals surface area contributed by atoms with Crippen LogP contribution < -0.4 is 16.3 Å². The Morgan fingerprint density at radius 2 is 1.76 bits per heavy atom. The molecule has 3 rings (SSSR count). The number of hydrogen-bond acceptors (Lipinski definition) is 6. The first-order valence-electron chi connectivity index (χ1n) is 9.50. The molecule has 1 heterocycles. The molecule has 7 nitrogen and oxygen atoms in total. The van der Waals surface area contributed by atoms with Gasteiger partial charge in [0.1, 0.15) is 28.8 Å². The van der Waals surface area contributed by atoms with Crippen molar-refractivity contribution < 1.29 is 27.4 Å². The smallest absolute Gasteiger partial charge is 0.323 e. The summed E-state index contributed by atoms with van der Waals surface area (Å²) in [7, 11) is 0. The number of aliphatic hydroxyl groups is 1. The maximum absolute atomic E-state index is 15.6. The van der Waals surface area contributed by atoms with Gasteiger partial charge in [0.05, 0.1) is 24.4 Å². The minimum absolute atomic E-state index is 0.0735. The quantitative estimate of drug-likeness (QED) is 0.199. The Morgan fingerprint density at radius 3 is 2.29 bits per heavy atom. The summed E-state index contributed by atoms with van der Waals surface area (Å²) >= 11 is 4.64. The van der Waals surface area contributed by atoms with Crippen molar-refractivity contribution in [3.05, 3.63) is 89.2 Å². The van der Waals surface area contributed by atoms with Crippen LogP contribution in [0.25, 0.3) is 0 Å². The fourth-order valence-corrected chi connectivity index (χ4v) is 3.14. The van der Waals surface area contributed by atoms with Crippen LogP contribution in [0.2, 0.25) is 0 Å². The molecule has 0 amide bonds. The third-order valence-electron chi connectivity index (χ3n) is 4.86. The summed E-state index contributed by atoms with van der Waals surface area (Å²) in [6.07, 6.45) is 0.969. The van der Waals surface area contributed by atoms with E-state index >= 15 is 8.78 Å². The number of rotatable bonds is 7. The van der Waals surface area contributed by atoms with E-state index in [1.807, 2.05) is 6.07 Å². The van der Waals surface area contributed by atoms with Gasteiger partial charge in [-0.05, 0) is 60.7 Å². The van der Waals surface area contributed by atoms with Gasteiger partial charge in [-0.1, -0.05) is 0 Å². The van der Waals surface area contributed by atoms with Crippen LogP contribution in [-0.4, -0.2) is 26.8 Å². The second kappa shape index (κ2) is 9.60. The highest BCUT2D eigenvalue weighted by molar-refractivity contribution is 7.80. The van der Waals surface area contributed by atoms with Crippen LogP contribution in [0.3, 0.4) is 0 Å². The predicted molar refractivity (Wildman–Crippen MR) is 117 cm³/mol. The van der Waals surface area contributed by atoms with Crippen LogP contribution >= 0.6 is 12.2 Å². The number of benzene rings is 2. The van der Waals surface area contributed by atoms with Gasteiger partial charge in [-0.2, -0.15) is 14.0 Å². The third-order valence-corrected chi connectivity index (χ3v) is 5.09. The van der Waals surface area contributed by atoms with Gasteiger partial charge < -0.3 is 15.6 Å². The maximum Gasteiger partial charge on any atom is 0.323 e. The van der Waals surface area contributed by atoms with Crippen molar-refractivity contribution in [3.8, 4) is 17.6 Å². The topological polar surface area (TPSA) is 121 Å². The molecule has 0 aliphatic rings. The Kier molecular flexibility index (Phi) is 7.01. The Bertz CT molecular complexity index is 1240. The lowest BCUT2D eigenvalue weighted by atomic mass is 9.84. The number of nitrogens with two attached hydrogens (primary N) is 2. The van der Waals surface area contributed by atoms with Gasteiger partial charge in [0, 0.05) is 11.6 Å². The van der Waals surface area contributed by atoms with E-state index in [0.29, 0.717) is 34.5 Å². The molecule has 0 aliphatic carbocycles. The number of ether oxygens (including phenoxy) is 1. The molecule has 1 unspecified atom stereocenters. The Balaban J connectivity index is 1.98. The largest absolute Gasteiger partial charge is 0.456 e. The van der Waals surface area contributed by atoms with Crippen molar-refractivity contribution in [1.82, 2.24) is 9.99 Å². The molecule has 0 aliphatic heterocycles. The number of hydrogen-bond donors (Lipinski definition) is 3. The maximum atomic E-state index is 15.6. The van der Waals surface area contributed by atoms with Gasteiger partial charge in [-0.15, -0.1) is 0 Å². The van der Waals surface area contributed by atoms with E-state index in [4.69, 9.17) is 21.6 Å². The van der Waals surface area contributed by atoms with Gasteiger partial charge in [0.15, 0.2) is 10.7 Å². The molecule has 2 aromatic carbocycles. The minimum Gasteiger partial charge on any atom is -0.456 e. The van der Waals surface area contributed by atoms with Gasteiger partial charge >= 0.3 is 5.92 Å². The molecule has 0 saturated heterocycles. The van der Waals surface area contributed by atoms with Gasteiger partial charge in [0.25, 0.3) is 0 Å². The monoisotopic (exact) mass is 491 g/mol. The van der Waals surface area contributed by atoms with E-state index in [-0.39, 0.29) is 5.75 Å². The molecule has 1 aromatic heterocycles. The lowest BCUT2D eigenvalue weighted by Gasteiger charge is -2.38. The normalized spacial score (nSPS) is 13.0. The van der Waals surface area contributed by atoms with Crippen LogP contribution in [0.4, 0.5) is 17.6 Å². The first-order chi connectivity index (χ1) is 16.0. The molecule has 176 valence electrons. The van der Waals surface area contributed by atoms with E-state index in [1.54, 1.807) is 0 Å². The summed E-state index contributed by atoms with van der Waals surface area (Å²) in [6.45, 7) is -1.14. The van der Waals surface area contributed by atoms with Crippen molar-refractivity contribution in [2.75, 3.05) is 6.54 Å². The zero-order chi connectivity index (χ0) is 25.1. The van der Waals surface area contributed by atoms with Crippen molar-refractivity contribution >= 4 is 17.3 Å². The number of aromatic nitrogens is 1. The summed E-state index contributed by atoms with van der Waals surface area (Å²) in [4.78, 5) is 3.66. The highest BCUT2D eigenvalue weighted by atomic mass is 32.1. The van der Waals surface area contributed by atoms with Gasteiger partial charge in [-0.3, -0.25) is 9.99 Å². The van der Waals surface area contributed by atoms with Gasteiger partial charge in [-0.25, -0.2) is 14.6 Å². The van der Waals surface area contributed by atoms with Crippen molar-refractivity contribution in [2.24, 2.45) is 11.6 Å². The zero-order valence-corrected chi connectivity index (χ0v) is 18.1.